The van der Waals surface area contributed by atoms with Crippen molar-refractivity contribution in [3.63, 3.8) is 0 Å². The molecule has 0 fully saturated rings. The fourth-order valence-corrected chi connectivity index (χ4v) is 3.70. The van der Waals surface area contributed by atoms with E-state index in [0.717, 1.165) is 29.5 Å². The van der Waals surface area contributed by atoms with Gasteiger partial charge in [0.1, 0.15) is 5.54 Å². The number of benzene rings is 3. The number of hydrogen-bond donors (Lipinski definition) is 0. The molecule has 0 heterocycles. The molecule has 3 rings (SSSR count). The summed E-state index contributed by atoms with van der Waals surface area (Å²) < 4.78 is 0. The zero-order chi connectivity index (χ0) is 18.4. The molecule has 2 nitrogen and oxygen atoms in total. The van der Waals surface area contributed by atoms with Crippen LogP contribution in [0.25, 0.3) is 0 Å². The molecule has 0 bridgehead atoms. The normalized spacial score (nSPS) is 12.4. The van der Waals surface area contributed by atoms with Crippen molar-refractivity contribution in [1.82, 2.24) is 4.90 Å². The van der Waals surface area contributed by atoms with Crippen molar-refractivity contribution in [2.45, 2.75) is 31.8 Å². The maximum atomic E-state index is 12.4. The van der Waals surface area contributed by atoms with Crippen LogP contribution in [-0.4, -0.2) is 17.4 Å². The lowest BCUT2D eigenvalue weighted by Gasteiger charge is -2.46. The van der Waals surface area contributed by atoms with Crippen molar-refractivity contribution >= 4 is 6.41 Å². The van der Waals surface area contributed by atoms with Gasteiger partial charge in [0.05, 0.1) is 0 Å². The van der Waals surface area contributed by atoms with E-state index in [4.69, 9.17) is 0 Å². The molecule has 0 aliphatic carbocycles. The second-order valence-corrected chi connectivity index (χ2v) is 6.58. The quantitative estimate of drug-likeness (QED) is 0.424. The minimum absolute atomic E-state index is 0.0909. The maximum absolute atomic E-state index is 12.4. The molecule has 132 valence electrons. The summed E-state index contributed by atoms with van der Waals surface area (Å²) in [5.41, 5.74) is 2.60. The Balaban J connectivity index is 2.41. The molecule has 0 saturated heterocycles. The third-order valence-corrected chi connectivity index (χ3v) is 5.14. The van der Waals surface area contributed by atoms with E-state index in [1.165, 1.54) is 0 Å². The first-order valence-corrected chi connectivity index (χ1v) is 9.15. The molecule has 3 aromatic rings. The van der Waals surface area contributed by atoms with Crippen LogP contribution in [0.4, 0.5) is 0 Å². The van der Waals surface area contributed by atoms with Crippen LogP contribution < -0.4 is 0 Å². The molecular formula is C24H25NO. The van der Waals surface area contributed by atoms with Gasteiger partial charge in [0.15, 0.2) is 0 Å². The molecule has 2 heteroatoms. The first-order chi connectivity index (χ1) is 12.7. The smallest absolute Gasteiger partial charge is 0.211 e. The summed E-state index contributed by atoms with van der Waals surface area (Å²) in [5.74, 6) is 0. The van der Waals surface area contributed by atoms with Gasteiger partial charge in [0.25, 0.3) is 0 Å². The van der Waals surface area contributed by atoms with Gasteiger partial charge < -0.3 is 4.90 Å². The summed E-state index contributed by atoms with van der Waals surface area (Å²) in [7, 11) is 0. The fraction of sp³-hybridized carbons (Fsp3) is 0.208. The Labute approximate surface area is 156 Å². The average Bonchev–Trinajstić information content (AvgIpc) is 2.73. The second kappa shape index (κ2) is 8.01. The molecule has 0 spiro atoms. The van der Waals surface area contributed by atoms with Gasteiger partial charge in [-0.1, -0.05) is 97.9 Å². The van der Waals surface area contributed by atoms with Crippen molar-refractivity contribution in [2.24, 2.45) is 0 Å². The van der Waals surface area contributed by atoms with Crippen molar-refractivity contribution in [3.8, 4) is 0 Å². The van der Waals surface area contributed by atoms with Crippen LogP contribution in [0.2, 0.25) is 0 Å². The molecule has 0 aliphatic rings. The molecule has 3 aromatic carbocycles. The Bertz CT molecular complexity index is 718. The Morgan fingerprint density at radius 2 is 1.12 bits per heavy atom. The Morgan fingerprint density at radius 3 is 1.38 bits per heavy atom. The van der Waals surface area contributed by atoms with E-state index >= 15 is 0 Å². The van der Waals surface area contributed by atoms with Crippen LogP contribution >= 0.6 is 0 Å². The predicted octanol–water partition coefficient (Wildman–Crippen LogP) is 5.24. The van der Waals surface area contributed by atoms with E-state index in [9.17, 15) is 4.79 Å². The predicted molar refractivity (Wildman–Crippen MR) is 107 cm³/mol. The van der Waals surface area contributed by atoms with E-state index in [1.807, 2.05) is 59.5 Å². The molecule has 0 aliphatic heterocycles. The van der Waals surface area contributed by atoms with E-state index < -0.39 is 5.54 Å². The van der Waals surface area contributed by atoms with Gasteiger partial charge in [-0.2, -0.15) is 0 Å². The zero-order valence-electron chi connectivity index (χ0n) is 15.4. The summed E-state index contributed by atoms with van der Waals surface area (Å²) in [4.78, 5) is 14.4. The lowest BCUT2D eigenvalue weighted by atomic mass is 9.75. The van der Waals surface area contributed by atoms with E-state index in [-0.39, 0.29) is 6.04 Å². The van der Waals surface area contributed by atoms with Gasteiger partial charge in [-0.05, 0) is 30.0 Å². The third kappa shape index (κ3) is 3.03. The summed E-state index contributed by atoms with van der Waals surface area (Å²) in [5, 5.41) is 0. The van der Waals surface area contributed by atoms with Crippen LogP contribution in [0.1, 0.15) is 37.0 Å². The van der Waals surface area contributed by atoms with Crippen LogP contribution in [-0.2, 0) is 10.3 Å². The number of hydrogen-bond acceptors (Lipinski definition) is 1. The fourth-order valence-electron chi connectivity index (χ4n) is 3.70. The number of nitrogens with zero attached hydrogens (tertiary/aromatic N) is 1. The van der Waals surface area contributed by atoms with Gasteiger partial charge in [0, 0.05) is 6.04 Å². The molecular weight excluding hydrogens is 318 g/mol. The van der Waals surface area contributed by atoms with Gasteiger partial charge in [-0.15, -0.1) is 0 Å². The standard InChI is InChI=1S/C24H25NO/c1-3-20(2)25(19-26)24(21-13-7-4-8-14-21,22-15-9-5-10-16-22)23-17-11-6-12-18-23/h4-20H,3H2,1-2H3. The minimum Gasteiger partial charge on any atom is -0.325 e. The SMILES string of the molecule is CCC(C)N(C=O)C(c1ccccc1)(c1ccccc1)c1ccccc1. The van der Waals surface area contributed by atoms with E-state index in [0.29, 0.717) is 0 Å². The number of amides is 1. The summed E-state index contributed by atoms with van der Waals surface area (Å²) in [6, 6.07) is 31.0. The monoisotopic (exact) mass is 343 g/mol. The van der Waals surface area contributed by atoms with E-state index in [2.05, 4.69) is 50.2 Å². The topological polar surface area (TPSA) is 20.3 Å². The Kier molecular flexibility index (Phi) is 5.52. The van der Waals surface area contributed by atoms with Crippen molar-refractivity contribution < 1.29 is 4.79 Å². The van der Waals surface area contributed by atoms with Crippen LogP contribution in [0, 0.1) is 0 Å². The first kappa shape index (κ1) is 17.9. The molecule has 0 saturated carbocycles. The van der Waals surface area contributed by atoms with Gasteiger partial charge in [-0.3, -0.25) is 4.79 Å². The molecule has 1 unspecified atom stereocenters. The summed E-state index contributed by atoms with van der Waals surface area (Å²) in [6.45, 7) is 4.23. The second-order valence-electron chi connectivity index (χ2n) is 6.58. The maximum Gasteiger partial charge on any atom is 0.211 e. The highest BCUT2D eigenvalue weighted by Gasteiger charge is 2.43. The number of carbonyl (C=O) groups is 1. The molecule has 0 aromatic heterocycles. The van der Waals surface area contributed by atoms with Crippen LogP contribution in [0.15, 0.2) is 91.0 Å². The van der Waals surface area contributed by atoms with Crippen molar-refractivity contribution in [2.75, 3.05) is 0 Å². The zero-order valence-corrected chi connectivity index (χ0v) is 15.4. The van der Waals surface area contributed by atoms with Gasteiger partial charge >= 0.3 is 0 Å². The highest BCUT2D eigenvalue weighted by molar-refractivity contribution is 5.60. The molecule has 0 N–H and O–H groups in total. The van der Waals surface area contributed by atoms with Crippen LogP contribution in [0.3, 0.4) is 0 Å². The minimum atomic E-state index is -0.666. The van der Waals surface area contributed by atoms with Gasteiger partial charge in [0.2, 0.25) is 6.41 Å². The van der Waals surface area contributed by atoms with Crippen LogP contribution in [0.5, 0.6) is 0 Å². The number of carbonyl (C=O) groups excluding carboxylic acids is 1. The molecule has 26 heavy (non-hydrogen) atoms. The highest BCUT2D eigenvalue weighted by Crippen LogP contribution is 2.43. The lowest BCUT2D eigenvalue weighted by molar-refractivity contribution is -0.124. The van der Waals surface area contributed by atoms with E-state index in [1.54, 1.807) is 0 Å². The molecule has 0 radical (unpaired) electrons. The number of rotatable bonds is 7. The largest absolute Gasteiger partial charge is 0.325 e. The summed E-state index contributed by atoms with van der Waals surface area (Å²) in [6.07, 6.45) is 1.88. The summed E-state index contributed by atoms with van der Waals surface area (Å²) >= 11 is 0. The average molecular weight is 343 g/mol. The highest BCUT2D eigenvalue weighted by atomic mass is 16.1. The third-order valence-electron chi connectivity index (χ3n) is 5.14. The van der Waals surface area contributed by atoms with Crippen molar-refractivity contribution in [3.05, 3.63) is 108 Å². The molecule has 1 amide bonds. The Morgan fingerprint density at radius 1 is 0.769 bits per heavy atom. The lowest BCUT2D eigenvalue weighted by Crippen LogP contribution is -2.51. The van der Waals surface area contributed by atoms with Gasteiger partial charge in [-0.25, -0.2) is 0 Å². The Hall–Kier alpha value is -2.87. The first-order valence-electron chi connectivity index (χ1n) is 9.15. The molecule has 1 atom stereocenters. The van der Waals surface area contributed by atoms with Crippen molar-refractivity contribution in [1.29, 1.82) is 0 Å².